The molecule has 0 fully saturated rings. The third-order valence-electron chi connectivity index (χ3n) is 3.29. The molecule has 0 saturated carbocycles. The number of carbonyl (C=O) groups is 2. The number of allylic oxidation sites excluding steroid dienone is 1. The molecule has 0 amide bonds. The number of aliphatic carboxylic acids is 1. The number of para-hydroxylation sites is 1. The zero-order valence-electron chi connectivity index (χ0n) is 10.8. The molecular formula is C15H16O4. The molecule has 1 N–H and O–H groups in total. The molecule has 1 aromatic rings. The lowest BCUT2D eigenvalue weighted by atomic mass is 9.84. The fraction of sp³-hybridized carbons (Fsp3) is 0.333. The lowest BCUT2D eigenvalue weighted by Crippen LogP contribution is -2.14. The summed E-state index contributed by atoms with van der Waals surface area (Å²) < 4.78 is 5.29. The predicted octanol–water partition coefficient (Wildman–Crippen LogP) is 2.68. The molecule has 0 radical (unpaired) electrons. The van der Waals surface area contributed by atoms with Crippen molar-refractivity contribution >= 4 is 17.3 Å². The van der Waals surface area contributed by atoms with Gasteiger partial charge in [-0.1, -0.05) is 18.2 Å². The van der Waals surface area contributed by atoms with Crippen molar-refractivity contribution in [1.82, 2.24) is 0 Å². The molecular weight excluding hydrogens is 244 g/mol. The van der Waals surface area contributed by atoms with E-state index < -0.39 is 5.97 Å². The van der Waals surface area contributed by atoms with Gasteiger partial charge in [0.05, 0.1) is 13.5 Å². The molecule has 0 saturated heterocycles. The van der Waals surface area contributed by atoms with Gasteiger partial charge < -0.3 is 9.84 Å². The number of carboxylic acids is 1. The molecule has 0 unspecified atom stereocenters. The van der Waals surface area contributed by atoms with Crippen LogP contribution in [0.3, 0.4) is 0 Å². The van der Waals surface area contributed by atoms with Crippen molar-refractivity contribution in [3.8, 4) is 5.75 Å². The molecule has 4 nitrogen and oxygen atoms in total. The Morgan fingerprint density at radius 1 is 1.32 bits per heavy atom. The average molecular weight is 260 g/mol. The minimum absolute atomic E-state index is 0.0606. The van der Waals surface area contributed by atoms with Gasteiger partial charge in [0, 0.05) is 17.6 Å². The van der Waals surface area contributed by atoms with Crippen molar-refractivity contribution in [1.29, 1.82) is 0 Å². The first-order valence-corrected chi connectivity index (χ1v) is 6.24. The molecule has 1 aromatic carbocycles. The smallest absolute Gasteiger partial charge is 0.307 e. The van der Waals surface area contributed by atoms with E-state index in [1.807, 2.05) is 24.3 Å². The highest BCUT2D eigenvalue weighted by Gasteiger charge is 2.24. The summed E-state index contributed by atoms with van der Waals surface area (Å²) >= 11 is 0. The van der Waals surface area contributed by atoms with E-state index in [9.17, 15) is 9.59 Å². The fourth-order valence-electron chi connectivity index (χ4n) is 2.44. The highest BCUT2D eigenvalue weighted by molar-refractivity contribution is 6.07. The standard InChI is InChI=1S/C15H16O4/c1-19-14-8-3-2-5-11(14)10-6-4-7-13(16)12(10)9-15(17)18/h2-3,5,8H,4,6-7,9H2,1H3,(H,17,18). The number of carbonyl (C=O) groups excluding carboxylic acids is 1. The third kappa shape index (κ3) is 2.84. The molecule has 4 heteroatoms. The molecule has 0 heterocycles. The Balaban J connectivity index is 2.53. The Labute approximate surface area is 111 Å². The minimum atomic E-state index is -0.974. The lowest BCUT2D eigenvalue weighted by molar-refractivity contribution is -0.137. The van der Waals surface area contributed by atoms with Crippen molar-refractivity contribution in [3.05, 3.63) is 35.4 Å². The second-order valence-electron chi connectivity index (χ2n) is 4.50. The van der Waals surface area contributed by atoms with Crippen molar-refractivity contribution < 1.29 is 19.4 Å². The topological polar surface area (TPSA) is 63.6 Å². The minimum Gasteiger partial charge on any atom is -0.496 e. The highest BCUT2D eigenvalue weighted by atomic mass is 16.5. The maximum atomic E-state index is 12.0. The van der Waals surface area contributed by atoms with Gasteiger partial charge in [-0.05, 0) is 24.5 Å². The van der Waals surface area contributed by atoms with E-state index in [1.165, 1.54) is 0 Å². The summed E-state index contributed by atoms with van der Waals surface area (Å²) in [5.74, 6) is -0.359. The predicted molar refractivity (Wildman–Crippen MR) is 71.0 cm³/mol. The molecule has 19 heavy (non-hydrogen) atoms. The molecule has 0 spiro atoms. The zero-order chi connectivity index (χ0) is 13.8. The molecule has 1 aliphatic rings. The first kappa shape index (κ1) is 13.3. The van der Waals surface area contributed by atoms with Crippen molar-refractivity contribution in [2.45, 2.75) is 25.7 Å². The van der Waals surface area contributed by atoms with Crippen LogP contribution in [0.2, 0.25) is 0 Å². The van der Waals surface area contributed by atoms with Crippen LogP contribution >= 0.6 is 0 Å². The van der Waals surface area contributed by atoms with Gasteiger partial charge in [-0.15, -0.1) is 0 Å². The summed E-state index contributed by atoms with van der Waals surface area (Å²) in [6.07, 6.45) is 1.69. The summed E-state index contributed by atoms with van der Waals surface area (Å²) in [6.45, 7) is 0. The fourth-order valence-corrected chi connectivity index (χ4v) is 2.44. The van der Waals surface area contributed by atoms with E-state index in [4.69, 9.17) is 9.84 Å². The van der Waals surface area contributed by atoms with Gasteiger partial charge in [-0.25, -0.2) is 0 Å². The molecule has 100 valence electrons. The van der Waals surface area contributed by atoms with Crippen molar-refractivity contribution in [3.63, 3.8) is 0 Å². The van der Waals surface area contributed by atoms with Gasteiger partial charge >= 0.3 is 5.97 Å². The molecule has 0 aromatic heterocycles. The van der Waals surface area contributed by atoms with E-state index in [0.717, 1.165) is 17.6 Å². The molecule has 0 bridgehead atoms. The molecule has 0 aliphatic heterocycles. The van der Waals surface area contributed by atoms with Crippen LogP contribution in [0.4, 0.5) is 0 Å². The van der Waals surface area contributed by atoms with Gasteiger partial charge in [-0.2, -0.15) is 0 Å². The van der Waals surface area contributed by atoms with E-state index in [2.05, 4.69) is 0 Å². The van der Waals surface area contributed by atoms with E-state index >= 15 is 0 Å². The second-order valence-corrected chi connectivity index (χ2v) is 4.50. The number of ether oxygens (including phenoxy) is 1. The monoisotopic (exact) mass is 260 g/mol. The number of Topliss-reactive ketones (excluding diaryl/α,β-unsaturated/α-hetero) is 1. The van der Waals surface area contributed by atoms with Crippen LogP contribution in [0.25, 0.3) is 5.57 Å². The Kier molecular flexibility index (Phi) is 4.00. The summed E-state index contributed by atoms with van der Waals surface area (Å²) in [5, 5.41) is 8.96. The zero-order valence-corrected chi connectivity index (χ0v) is 10.8. The second kappa shape index (κ2) is 5.69. The first-order valence-electron chi connectivity index (χ1n) is 6.24. The number of carboxylic acid groups (broad SMARTS) is 1. The van der Waals surface area contributed by atoms with E-state index in [1.54, 1.807) is 7.11 Å². The van der Waals surface area contributed by atoms with Gasteiger partial charge in [0.15, 0.2) is 5.78 Å². The Morgan fingerprint density at radius 2 is 2.05 bits per heavy atom. The SMILES string of the molecule is COc1ccccc1C1=C(CC(=O)O)C(=O)CCC1. The Morgan fingerprint density at radius 3 is 2.74 bits per heavy atom. The number of methoxy groups -OCH3 is 1. The van der Waals surface area contributed by atoms with Crippen LogP contribution in [-0.2, 0) is 9.59 Å². The summed E-state index contributed by atoms with van der Waals surface area (Å²) in [7, 11) is 1.57. The van der Waals surface area contributed by atoms with Crippen LogP contribution in [-0.4, -0.2) is 24.0 Å². The van der Waals surface area contributed by atoms with Gasteiger partial charge in [0.1, 0.15) is 5.75 Å². The molecule has 0 atom stereocenters. The van der Waals surface area contributed by atoms with Gasteiger partial charge in [-0.3, -0.25) is 9.59 Å². The van der Waals surface area contributed by atoms with Crippen LogP contribution in [0, 0.1) is 0 Å². The third-order valence-corrected chi connectivity index (χ3v) is 3.29. The summed E-state index contributed by atoms with van der Waals surface area (Å²) in [5.41, 5.74) is 2.06. The largest absolute Gasteiger partial charge is 0.496 e. The highest BCUT2D eigenvalue weighted by Crippen LogP contribution is 2.36. The number of hydrogen-bond donors (Lipinski definition) is 1. The van der Waals surface area contributed by atoms with E-state index in [0.29, 0.717) is 24.2 Å². The quantitative estimate of drug-likeness (QED) is 0.904. The van der Waals surface area contributed by atoms with Crippen LogP contribution in [0.5, 0.6) is 5.75 Å². The van der Waals surface area contributed by atoms with Gasteiger partial charge in [0.25, 0.3) is 0 Å². The maximum absolute atomic E-state index is 12.0. The van der Waals surface area contributed by atoms with Crippen molar-refractivity contribution in [2.75, 3.05) is 7.11 Å². The maximum Gasteiger partial charge on any atom is 0.307 e. The number of rotatable bonds is 4. The lowest BCUT2D eigenvalue weighted by Gasteiger charge is -2.20. The first-order chi connectivity index (χ1) is 9.13. The van der Waals surface area contributed by atoms with Crippen LogP contribution in [0.15, 0.2) is 29.8 Å². The molecule has 1 aliphatic carbocycles. The summed E-state index contributed by atoms with van der Waals surface area (Å²) in [6, 6.07) is 7.40. The summed E-state index contributed by atoms with van der Waals surface area (Å²) in [4.78, 5) is 22.9. The molecule has 2 rings (SSSR count). The van der Waals surface area contributed by atoms with Crippen LogP contribution < -0.4 is 4.74 Å². The average Bonchev–Trinajstić information content (AvgIpc) is 2.40. The van der Waals surface area contributed by atoms with E-state index in [-0.39, 0.29) is 12.2 Å². The number of ketones is 1. The Hall–Kier alpha value is -2.10. The van der Waals surface area contributed by atoms with Crippen molar-refractivity contribution in [2.24, 2.45) is 0 Å². The number of hydrogen-bond acceptors (Lipinski definition) is 3. The van der Waals surface area contributed by atoms with Crippen LogP contribution in [0.1, 0.15) is 31.2 Å². The van der Waals surface area contributed by atoms with Gasteiger partial charge in [0.2, 0.25) is 0 Å². The normalized spacial score (nSPS) is 15.5. The number of benzene rings is 1. The Bertz CT molecular complexity index is 543.